The van der Waals surface area contributed by atoms with Gasteiger partial charge >= 0.3 is 0 Å². The van der Waals surface area contributed by atoms with E-state index in [1.807, 2.05) is 0 Å². The Morgan fingerprint density at radius 2 is 1.91 bits per heavy atom. The highest BCUT2D eigenvalue weighted by molar-refractivity contribution is 7.90. The zero-order valence-corrected chi connectivity index (χ0v) is 14.9. The van der Waals surface area contributed by atoms with Crippen molar-refractivity contribution in [1.29, 1.82) is 0 Å². The molecule has 1 heterocycles. The van der Waals surface area contributed by atoms with E-state index in [9.17, 15) is 13.2 Å². The van der Waals surface area contributed by atoms with Crippen molar-refractivity contribution < 1.29 is 13.2 Å². The van der Waals surface area contributed by atoms with Crippen LogP contribution in [0.5, 0.6) is 0 Å². The van der Waals surface area contributed by atoms with Gasteiger partial charge in [0.1, 0.15) is 0 Å². The molecule has 0 aliphatic carbocycles. The summed E-state index contributed by atoms with van der Waals surface area (Å²) in [6, 6.07) is 6.59. The first-order valence-electron chi connectivity index (χ1n) is 7.44. The summed E-state index contributed by atoms with van der Waals surface area (Å²) in [5, 5.41) is 6.18. The Bertz CT molecular complexity index is 597. The lowest BCUT2D eigenvalue weighted by Crippen LogP contribution is -2.38. The number of hydrogen-bond donors (Lipinski definition) is 2. The number of benzene rings is 1. The molecule has 0 atom stereocenters. The SMILES string of the molecule is CS(=O)(=O)c1ccc(CNC(=O)CN2CCCNCC2)cc1.Cl. The molecule has 2 rings (SSSR count). The third-order valence-corrected chi connectivity index (χ3v) is 4.77. The minimum absolute atomic E-state index is 0. The van der Waals surface area contributed by atoms with E-state index in [-0.39, 0.29) is 18.3 Å². The zero-order valence-electron chi connectivity index (χ0n) is 13.2. The van der Waals surface area contributed by atoms with Gasteiger partial charge in [0.15, 0.2) is 9.84 Å². The first-order valence-corrected chi connectivity index (χ1v) is 9.33. The first-order chi connectivity index (χ1) is 10.4. The summed E-state index contributed by atoms with van der Waals surface area (Å²) in [5.74, 6) is -0.00547. The monoisotopic (exact) mass is 361 g/mol. The number of rotatable bonds is 5. The highest BCUT2D eigenvalue weighted by Crippen LogP contribution is 2.10. The van der Waals surface area contributed by atoms with Crippen molar-refractivity contribution in [3.63, 3.8) is 0 Å². The molecular weight excluding hydrogens is 338 g/mol. The molecule has 0 spiro atoms. The van der Waals surface area contributed by atoms with Crippen molar-refractivity contribution in [3.8, 4) is 0 Å². The number of hydrogen-bond acceptors (Lipinski definition) is 5. The standard InChI is InChI=1S/C15H23N3O3S.ClH/c1-22(20,21)14-5-3-13(4-6-14)11-17-15(19)12-18-9-2-7-16-8-10-18;/h3-6,16H,2,7-12H2,1H3,(H,17,19);1H. The lowest BCUT2D eigenvalue weighted by atomic mass is 10.2. The van der Waals surface area contributed by atoms with E-state index in [2.05, 4.69) is 15.5 Å². The van der Waals surface area contributed by atoms with Gasteiger partial charge in [-0.15, -0.1) is 12.4 Å². The third kappa shape index (κ3) is 6.87. The van der Waals surface area contributed by atoms with Crippen LogP contribution in [-0.2, 0) is 21.2 Å². The van der Waals surface area contributed by atoms with E-state index in [1.54, 1.807) is 24.3 Å². The number of carbonyl (C=O) groups is 1. The maximum Gasteiger partial charge on any atom is 0.234 e. The molecule has 8 heteroatoms. The van der Waals surface area contributed by atoms with Crippen LogP contribution in [0.3, 0.4) is 0 Å². The minimum atomic E-state index is -3.17. The van der Waals surface area contributed by atoms with E-state index in [1.165, 1.54) is 6.26 Å². The Kier molecular flexibility index (Phi) is 7.98. The van der Waals surface area contributed by atoms with Crippen molar-refractivity contribution in [2.24, 2.45) is 0 Å². The molecule has 0 bridgehead atoms. The van der Waals surface area contributed by atoms with Crippen molar-refractivity contribution in [1.82, 2.24) is 15.5 Å². The van der Waals surface area contributed by atoms with Gasteiger partial charge in [0, 0.05) is 25.9 Å². The number of nitrogens with zero attached hydrogens (tertiary/aromatic N) is 1. The molecule has 6 nitrogen and oxygen atoms in total. The van der Waals surface area contributed by atoms with Crippen LogP contribution in [-0.4, -0.2) is 58.2 Å². The van der Waals surface area contributed by atoms with E-state index in [0.29, 0.717) is 18.0 Å². The van der Waals surface area contributed by atoms with Crippen LogP contribution < -0.4 is 10.6 Å². The highest BCUT2D eigenvalue weighted by Gasteiger charge is 2.12. The molecule has 1 aliphatic heterocycles. The molecular formula is C15H24ClN3O3S. The minimum Gasteiger partial charge on any atom is -0.351 e. The van der Waals surface area contributed by atoms with Crippen LogP contribution in [0.1, 0.15) is 12.0 Å². The molecule has 0 radical (unpaired) electrons. The van der Waals surface area contributed by atoms with Gasteiger partial charge < -0.3 is 10.6 Å². The Labute approximate surface area is 144 Å². The average Bonchev–Trinajstić information content (AvgIpc) is 2.73. The Balaban J connectivity index is 0.00000264. The van der Waals surface area contributed by atoms with Gasteiger partial charge in [0.25, 0.3) is 0 Å². The third-order valence-electron chi connectivity index (χ3n) is 3.64. The molecule has 0 unspecified atom stereocenters. The second-order valence-corrected chi connectivity index (χ2v) is 7.59. The quantitative estimate of drug-likeness (QED) is 0.795. The lowest BCUT2D eigenvalue weighted by Gasteiger charge is -2.18. The summed E-state index contributed by atoms with van der Waals surface area (Å²) >= 11 is 0. The van der Waals surface area contributed by atoms with Crippen molar-refractivity contribution in [3.05, 3.63) is 29.8 Å². The lowest BCUT2D eigenvalue weighted by molar-refractivity contribution is -0.122. The summed E-state index contributed by atoms with van der Waals surface area (Å²) < 4.78 is 22.8. The first kappa shape index (κ1) is 19.9. The van der Waals surface area contributed by atoms with Crippen LogP contribution in [0.4, 0.5) is 0 Å². The van der Waals surface area contributed by atoms with Gasteiger partial charge in [-0.25, -0.2) is 8.42 Å². The fourth-order valence-electron chi connectivity index (χ4n) is 2.37. The van der Waals surface area contributed by atoms with Gasteiger partial charge in [-0.2, -0.15) is 0 Å². The van der Waals surface area contributed by atoms with Crippen molar-refractivity contribution in [2.75, 3.05) is 39.0 Å². The number of sulfone groups is 1. The van der Waals surface area contributed by atoms with Gasteiger partial charge in [-0.05, 0) is 37.2 Å². The molecule has 1 aromatic rings. The second kappa shape index (κ2) is 9.22. The van der Waals surface area contributed by atoms with E-state index < -0.39 is 9.84 Å². The normalized spacial score (nSPS) is 16.2. The Morgan fingerprint density at radius 1 is 1.22 bits per heavy atom. The van der Waals surface area contributed by atoms with Crippen LogP contribution in [0.15, 0.2) is 29.2 Å². The molecule has 0 saturated carbocycles. The fourth-order valence-corrected chi connectivity index (χ4v) is 3.00. The molecule has 1 fully saturated rings. The highest BCUT2D eigenvalue weighted by atomic mass is 35.5. The van der Waals surface area contributed by atoms with Gasteiger partial charge in [0.05, 0.1) is 11.4 Å². The van der Waals surface area contributed by atoms with Crippen LogP contribution in [0.2, 0.25) is 0 Å². The molecule has 1 aliphatic rings. The number of halogens is 1. The summed E-state index contributed by atoms with van der Waals surface area (Å²) in [6.07, 6.45) is 2.24. The van der Waals surface area contributed by atoms with Crippen molar-refractivity contribution in [2.45, 2.75) is 17.9 Å². The number of amides is 1. The fraction of sp³-hybridized carbons (Fsp3) is 0.533. The Morgan fingerprint density at radius 3 is 2.57 bits per heavy atom. The molecule has 1 aromatic carbocycles. The average molecular weight is 362 g/mol. The van der Waals surface area contributed by atoms with Crippen molar-refractivity contribution >= 4 is 28.2 Å². The summed E-state index contributed by atoms with van der Waals surface area (Å²) in [7, 11) is -3.17. The molecule has 2 N–H and O–H groups in total. The summed E-state index contributed by atoms with van der Waals surface area (Å²) in [4.78, 5) is 14.4. The number of nitrogens with one attached hydrogen (secondary N) is 2. The number of carbonyl (C=O) groups excluding carboxylic acids is 1. The van der Waals surface area contributed by atoms with E-state index in [4.69, 9.17) is 0 Å². The van der Waals surface area contributed by atoms with Crippen LogP contribution >= 0.6 is 12.4 Å². The maximum absolute atomic E-state index is 12.0. The van der Waals surface area contributed by atoms with Gasteiger partial charge in [-0.3, -0.25) is 9.69 Å². The predicted molar refractivity (Wildman–Crippen MR) is 92.6 cm³/mol. The molecule has 0 aromatic heterocycles. The topological polar surface area (TPSA) is 78.5 Å². The Hall–Kier alpha value is -1.15. The largest absolute Gasteiger partial charge is 0.351 e. The van der Waals surface area contributed by atoms with Gasteiger partial charge in [-0.1, -0.05) is 12.1 Å². The summed E-state index contributed by atoms with van der Waals surface area (Å²) in [5.41, 5.74) is 0.887. The predicted octanol–water partition coefficient (Wildman–Crippen LogP) is 0.423. The van der Waals surface area contributed by atoms with Crippen LogP contribution in [0, 0.1) is 0 Å². The van der Waals surface area contributed by atoms with Gasteiger partial charge in [0.2, 0.25) is 5.91 Å². The smallest absolute Gasteiger partial charge is 0.234 e. The van der Waals surface area contributed by atoms with E-state index in [0.717, 1.165) is 38.2 Å². The second-order valence-electron chi connectivity index (χ2n) is 5.57. The molecule has 130 valence electrons. The molecule has 1 amide bonds. The summed E-state index contributed by atoms with van der Waals surface area (Å²) in [6.45, 7) is 4.56. The maximum atomic E-state index is 12.0. The zero-order chi connectivity index (χ0) is 16.0. The molecule has 1 saturated heterocycles. The van der Waals surface area contributed by atoms with E-state index >= 15 is 0 Å². The van der Waals surface area contributed by atoms with Crippen LogP contribution in [0.25, 0.3) is 0 Å². The molecule has 23 heavy (non-hydrogen) atoms.